The van der Waals surface area contributed by atoms with Crippen LogP contribution in [0.4, 0.5) is 8.78 Å². The smallest absolute Gasteiger partial charge is 0.159 e. The number of hydrogen-bond acceptors (Lipinski definition) is 1. The van der Waals surface area contributed by atoms with Gasteiger partial charge >= 0.3 is 0 Å². The average Bonchev–Trinajstić information content (AvgIpc) is 2.19. The lowest BCUT2D eigenvalue weighted by Crippen LogP contribution is -2.02. The summed E-state index contributed by atoms with van der Waals surface area (Å²) < 4.78 is 25.3. The lowest BCUT2D eigenvalue weighted by molar-refractivity contribution is 0.230. The monoisotopic (exact) mass is 200 g/mol. The van der Waals surface area contributed by atoms with E-state index in [9.17, 15) is 8.78 Å². The van der Waals surface area contributed by atoms with E-state index in [1.165, 1.54) is 6.07 Å². The largest absolute Gasteiger partial charge is 0.396 e. The Morgan fingerprint density at radius 1 is 1.29 bits per heavy atom. The van der Waals surface area contributed by atoms with Crippen molar-refractivity contribution in [3.05, 3.63) is 35.4 Å². The third-order valence-electron chi connectivity index (χ3n) is 2.22. The molecule has 1 atom stereocenters. The molecule has 0 bridgehead atoms. The molecule has 14 heavy (non-hydrogen) atoms. The summed E-state index contributed by atoms with van der Waals surface area (Å²) in [6.07, 6.45) is 1.44. The third kappa shape index (κ3) is 3.07. The minimum atomic E-state index is -0.816. The predicted molar refractivity (Wildman–Crippen MR) is 50.9 cm³/mol. The molecule has 0 aromatic heterocycles. The molecule has 1 aromatic carbocycles. The Hall–Kier alpha value is -0.960. The summed E-state index contributed by atoms with van der Waals surface area (Å²) in [5.41, 5.74) is 0.768. The van der Waals surface area contributed by atoms with Crippen LogP contribution in [-0.2, 0) is 6.42 Å². The fraction of sp³-hybridized carbons (Fsp3) is 0.455. The Bertz CT molecular complexity index is 299. The molecule has 0 saturated carbocycles. The Balaban J connectivity index is 2.55. The highest BCUT2D eigenvalue weighted by molar-refractivity contribution is 5.17. The van der Waals surface area contributed by atoms with Crippen LogP contribution >= 0.6 is 0 Å². The van der Waals surface area contributed by atoms with Crippen LogP contribution in [0.25, 0.3) is 0 Å². The number of benzene rings is 1. The lowest BCUT2D eigenvalue weighted by Gasteiger charge is -2.07. The van der Waals surface area contributed by atoms with Crippen LogP contribution in [0.15, 0.2) is 18.2 Å². The molecule has 0 unspecified atom stereocenters. The Morgan fingerprint density at radius 3 is 2.57 bits per heavy atom. The quantitative estimate of drug-likeness (QED) is 0.791. The van der Waals surface area contributed by atoms with Crippen molar-refractivity contribution in [2.24, 2.45) is 5.92 Å². The molecule has 0 saturated heterocycles. The van der Waals surface area contributed by atoms with E-state index in [1.807, 2.05) is 6.92 Å². The average molecular weight is 200 g/mol. The molecular weight excluding hydrogens is 186 g/mol. The number of aliphatic hydroxyl groups excluding tert-OH is 1. The molecule has 78 valence electrons. The van der Waals surface area contributed by atoms with Crippen molar-refractivity contribution >= 4 is 0 Å². The first-order chi connectivity index (χ1) is 6.63. The molecular formula is C11H14F2O. The summed E-state index contributed by atoms with van der Waals surface area (Å²) in [6, 6.07) is 3.91. The molecule has 0 aliphatic carbocycles. The number of rotatable bonds is 4. The molecule has 0 aliphatic rings. The van der Waals surface area contributed by atoms with Gasteiger partial charge in [-0.05, 0) is 36.5 Å². The zero-order valence-electron chi connectivity index (χ0n) is 8.13. The van der Waals surface area contributed by atoms with Gasteiger partial charge in [0, 0.05) is 6.61 Å². The highest BCUT2D eigenvalue weighted by atomic mass is 19.2. The van der Waals surface area contributed by atoms with Gasteiger partial charge in [0.15, 0.2) is 11.6 Å². The summed E-state index contributed by atoms with van der Waals surface area (Å²) in [7, 11) is 0. The highest BCUT2D eigenvalue weighted by Gasteiger charge is 2.04. The Labute approximate surface area is 82.4 Å². The molecule has 1 rings (SSSR count). The van der Waals surface area contributed by atoms with Gasteiger partial charge in [-0.25, -0.2) is 8.78 Å². The molecule has 0 amide bonds. The minimum absolute atomic E-state index is 0.129. The zero-order chi connectivity index (χ0) is 10.6. The molecule has 0 spiro atoms. The summed E-state index contributed by atoms with van der Waals surface area (Å²) in [5, 5.41) is 8.78. The maximum Gasteiger partial charge on any atom is 0.159 e. The van der Waals surface area contributed by atoms with E-state index in [0.29, 0.717) is 6.42 Å². The first-order valence-electron chi connectivity index (χ1n) is 4.68. The van der Waals surface area contributed by atoms with Crippen LogP contribution in [0.5, 0.6) is 0 Å². The third-order valence-corrected chi connectivity index (χ3v) is 2.22. The standard InChI is InChI=1S/C11H14F2O/c1-8(7-14)2-3-9-4-5-10(12)11(13)6-9/h4-6,8,14H,2-3,7H2,1H3/t8-/m0/s1. The molecule has 0 radical (unpaired) electrons. The first kappa shape index (κ1) is 11.1. The topological polar surface area (TPSA) is 20.2 Å². The molecule has 0 aliphatic heterocycles. The zero-order valence-corrected chi connectivity index (χ0v) is 8.13. The predicted octanol–water partition coefficient (Wildman–Crippen LogP) is 2.53. The molecule has 1 nitrogen and oxygen atoms in total. The van der Waals surface area contributed by atoms with Crippen molar-refractivity contribution < 1.29 is 13.9 Å². The Morgan fingerprint density at radius 2 is 2.00 bits per heavy atom. The second-order valence-corrected chi connectivity index (χ2v) is 3.57. The molecule has 3 heteroatoms. The fourth-order valence-corrected chi connectivity index (χ4v) is 1.20. The van der Waals surface area contributed by atoms with Crippen molar-refractivity contribution in [1.29, 1.82) is 0 Å². The summed E-state index contributed by atoms with van der Waals surface area (Å²) in [4.78, 5) is 0. The van der Waals surface area contributed by atoms with Gasteiger partial charge in [-0.3, -0.25) is 0 Å². The van der Waals surface area contributed by atoms with Crippen LogP contribution in [0.3, 0.4) is 0 Å². The Kier molecular flexibility index (Phi) is 4.01. The van der Waals surface area contributed by atoms with Gasteiger partial charge in [0.25, 0.3) is 0 Å². The maximum absolute atomic E-state index is 12.8. The maximum atomic E-state index is 12.8. The normalized spacial score (nSPS) is 12.9. The second kappa shape index (κ2) is 5.05. The van der Waals surface area contributed by atoms with Gasteiger partial charge < -0.3 is 5.11 Å². The van der Waals surface area contributed by atoms with E-state index in [0.717, 1.165) is 18.1 Å². The SMILES string of the molecule is C[C@H](CO)CCc1ccc(F)c(F)c1. The highest BCUT2D eigenvalue weighted by Crippen LogP contribution is 2.12. The van der Waals surface area contributed by atoms with Crippen LogP contribution in [0.2, 0.25) is 0 Å². The van der Waals surface area contributed by atoms with Crippen molar-refractivity contribution in [3.8, 4) is 0 Å². The van der Waals surface area contributed by atoms with Gasteiger partial charge in [-0.2, -0.15) is 0 Å². The summed E-state index contributed by atoms with van der Waals surface area (Å²) >= 11 is 0. The van der Waals surface area contributed by atoms with Gasteiger partial charge in [-0.15, -0.1) is 0 Å². The van der Waals surface area contributed by atoms with Gasteiger partial charge in [-0.1, -0.05) is 13.0 Å². The number of aliphatic hydroxyl groups is 1. The summed E-state index contributed by atoms with van der Waals surface area (Å²) in [5.74, 6) is -1.42. The van der Waals surface area contributed by atoms with Gasteiger partial charge in [0.1, 0.15) is 0 Å². The van der Waals surface area contributed by atoms with E-state index >= 15 is 0 Å². The summed E-state index contributed by atoms with van der Waals surface area (Å²) in [6.45, 7) is 2.05. The molecule has 0 heterocycles. The van der Waals surface area contributed by atoms with Crippen molar-refractivity contribution in [2.75, 3.05) is 6.61 Å². The van der Waals surface area contributed by atoms with Crippen LogP contribution < -0.4 is 0 Å². The second-order valence-electron chi connectivity index (χ2n) is 3.57. The number of halogens is 2. The molecule has 1 aromatic rings. The van der Waals surface area contributed by atoms with E-state index < -0.39 is 11.6 Å². The number of hydrogen-bond donors (Lipinski definition) is 1. The van der Waals surface area contributed by atoms with Gasteiger partial charge in [0.2, 0.25) is 0 Å². The van der Waals surface area contributed by atoms with Crippen molar-refractivity contribution in [2.45, 2.75) is 19.8 Å². The van der Waals surface area contributed by atoms with Crippen LogP contribution in [-0.4, -0.2) is 11.7 Å². The van der Waals surface area contributed by atoms with Crippen LogP contribution in [0.1, 0.15) is 18.9 Å². The minimum Gasteiger partial charge on any atom is -0.396 e. The van der Waals surface area contributed by atoms with E-state index in [1.54, 1.807) is 6.07 Å². The van der Waals surface area contributed by atoms with E-state index in [-0.39, 0.29) is 12.5 Å². The molecule has 0 fully saturated rings. The molecule has 1 N–H and O–H groups in total. The van der Waals surface area contributed by atoms with E-state index in [4.69, 9.17) is 5.11 Å². The fourth-order valence-electron chi connectivity index (χ4n) is 1.20. The van der Waals surface area contributed by atoms with Gasteiger partial charge in [0.05, 0.1) is 0 Å². The van der Waals surface area contributed by atoms with Crippen LogP contribution in [0, 0.1) is 17.6 Å². The lowest BCUT2D eigenvalue weighted by atomic mass is 10.0. The first-order valence-corrected chi connectivity index (χ1v) is 4.68. The van der Waals surface area contributed by atoms with Crippen molar-refractivity contribution in [3.63, 3.8) is 0 Å². The van der Waals surface area contributed by atoms with E-state index in [2.05, 4.69) is 0 Å². The number of aryl methyl sites for hydroxylation is 1. The van der Waals surface area contributed by atoms with Crippen molar-refractivity contribution in [1.82, 2.24) is 0 Å².